The number of ether oxygens (including phenoxy) is 2. The number of thioether (sulfide) groups is 1. The summed E-state index contributed by atoms with van der Waals surface area (Å²) in [5.41, 5.74) is 5.17. The summed E-state index contributed by atoms with van der Waals surface area (Å²) in [5.74, 6) is 0.445. The maximum Gasteiger partial charge on any atom is 0.156 e. The summed E-state index contributed by atoms with van der Waals surface area (Å²) in [4.78, 5) is 0. The van der Waals surface area contributed by atoms with E-state index in [4.69, 9.17) is 23.1 Å². The molecule has 3 radical (unpaired) electrons. The predicted molar refractivity (Wildman–Crippen MR) is 86.8 cm³/mol. The van der Waals surface area contributed by atoms with Crippen LogP contribution >= 0.6 is 11.8 Å². The molecule has 0 fully saturated rings. The van der Waals surface area contributed by atoms with Crippen molar-refractivity contribution in [3.8, 4) is 0 Å². The lowest BCUT2D eigenvalue weighted by atomic mass is 9.54. The molecule has 0 aliphatic carbocycles. The summed E-state index contributed by atoms with van der Waals surface area (Å²) in [6, 6.07) is 0. The molecule has 0 bridgehead atoms. The summed E-state index contributed by atoms with van der Waals surface area (Å²) in [6.45, 7) is 14.6. The molecule has 0 heterocycles. The van der Waals surface area contributed by atoms with Crippen LogP contribution in [0.5, 0.6) is 0 Å². The highest BCUT2D eigenvalue weighted by molar-refractivity contribution is 8.02. The quantitative estimate of drug-likeness (QED) is 0.522. The van der Waals surface area contributed by atoms with E-state index in [2.05, 4.69) is 21.1 Å². The third-order valence-corrected chi connectivity index (χ3v) is 3.23. The topological polar surface area (TPSA) is 44.5 Å². The van der Waals surface area contributed by atoms with Gasteiger partial charge in [0.15, 0.2) is 12.8 Å². The van der Waals surface area contributed by atoms with E-state index in [0.717, 1.165) is 0 Å². The van der Waals surface area contributed by atoms with Crippen molar-refractivity contribution in [2.75, 3.05) is 6.61 Å². The molecule has 0 saturated heterocycles. The predicted octanol–water partition coefficient (Wildman–Crippen LogP) is 2.56. The molecule has 0 aromatic rings. The molecule has 3 nitrogen and oxygen atoms in total. The summed E-state index contributed by atoms with van der Waals surface area (Å²) in [5, 5.41) is 0. The van der Waals surface area contributed by atoms with E-state index in [-0.39, 0.29) is 11.6 Å². The highest BCUT2D eigenvalue weighted by Gasteiger charge is 2.29. The second kappa shape index (κ2) is 7.96. The van der Waals surface area contributed by atoms with Crippen LogP contribution < -0.4 is 5.73 Å². The SMILES string of the molecule is [B]C(C)(COC(C)C)SC(N)OC(C)(C)[B]C(C)C. The minimum atomic E-state index is -0.558. The maximum atomic E-state index is 6.15. The van der Waals surface area contributed by atoms with Gasteiger partial charge in [0.05, 0.1) is 20.6 Å². The van der Waals surface area contributed by atoms with Crippen molar-refractivity contribution >= 4 is 26.9 Å². The molecule has 2 atom stereocenters. The van der Waals surface area contributed by atoms with Gasteiger partial charge in [-0.2, -0.15) is 0 Å². The fourth-order valence-electron chi connectivity index (χ4n) is 1.80. The lowest BCUT2D eigenvalue weighted by Crippen LogP contribution is -2.43. The summed E-state index contributed by atoms with van der Waals surface area (Å²) < 4.78 is 10.8. The highest BCUT2D eigenvalue weighted by Crippen LogP contribution is 2.28. The van der Waals surface area contributed by atoms with Crippen molar-refractivity contribution < 1.29 is 9.47 Å². The van der Waals surface area contributed by atoms with Gasteiger partial charge in [-0.3, -0.25) is 5.73 Å². The third-order valence-electron chi connectivity index (χ3n) is 2.24. The first-order valence-corrected chi connectivity index (χ1v) is 7.69. The molecule has 2 N–H and O–H groups in total. The molecule has 0 aromatic heterocycles. The van der Waals surface area contributed by atoms with Crippen LogP contribution in [0, 0.1) is 0 Å². The lowest BCUT2D eigenvalue weighted by molar-refractivity contribution is 0.0255. The Morgan fingerprint density at radius 3 is 2.16 bits per heavy atom. The van der Waals surface area contributed by atoms with Gasteiger partial charge in [-0.25, -0.2) is 0 Å². The van der Waals surface area contributed by atoms with Crippen molar-refractivity contribution in [2.45, 2.75) is 76.1 Å². The fraction of sp³-hybridized carbons (Fsp3) is 1.00. The monoisotopic (exact) mass is 284 g/mol. The van der Waals surface area contributed by atoms with Gasteiger partial charge in [0.1, 0.15) is 0 Å². The van der Waals surface area contributed by atoms with E-state index in [0.29, 0.717) is 12.4 Å². The minimum Gasteiger partial charge on any atom is -0.378 e. The molecule has 0 aliphatic rings. The van der Waals surface area contributed by atoms with Crippen molar-refractivity contribution in [1.82, 2.24) is 0 Å². The standard InChI is InChI=1S/C13H28B2NO2S/c1-9(2)15-12(5,6)18-11(16)19-13(7,14)8-17-10(3)4/h9-11H,8,16H2,1-7H3. The van der Waals surface area contributed by atoms with Gasteiger partial charge in [0, 0.05) is 10.1 Å². The molecule has 2 unspecified atom stereocenters. The molecule has 0 rings (SSSR count). The Labute approximate surface area is 125 Å². The smallest absolute Gasteiger partial charge is 0.156 e. The van der Waals surface area contributed by atoms with Crippen molar-refractivity contribution in [3.63, 3.8) is 0 Å². The average Bonchev–Trinajstić information content (AvgIpc) is 2.09. The van der Waals surface area contributed by atoms with Gasteiger partial charge in [-0.15, -0.1) is 11.8 Å². The number of nitrogens with two attached hydrogens (primary N) is 1. The largest absolute Gasteiger partial charge is 0.378 e. The first-order chi connectivity index (χ1) is 8.43. The molecular weight excluding hydrogens is 256 g/mol. The molecule has 0 amide bonds. The van der Waals surface area contributed by atoms with Gasteiger partial charge >= 0.3 is 0 Å². The molecule has 19 heavy (non-hydrogen) atoms. The van der Waals surface area contributed by atoms with Crippen LogP contribution in [0.25, 0.3) is 0 Å². The fourth-order valence-corrected chi connectivity index (χ4v) is 2.76. The molecule has 0 aliphatic heterocycles. The molecule has 0 saturated carbocycles. The lowest BCUT2D eigenvalue weighted by Gasteiger charge is -2.34. The van der Waals surface area contributed by atoms with Crippen LogP contribution in [0.3, 0.4) is 0 Å². The van der Waals surface area contributed by atoms with Gasteiger partial charge in [0.2, 0.25) is 0 Å². The van der Waals surface area contributed by atoms with Crippen molar-refractivity contribution in [1.29, 1.82) is 0 Å². The summed E-state index contributed by atoms with van der Waals surface area (Å²) >= 11 is 1.39. The van der Waals surface area contributed by atoms with E-state index >= 15 is 0 Å². The zero-order chi connectivity index (χ0) is 15.3. The van der Waals surface area contributed by atoms with Crippen LogP contribution in [-0.2, 0) is 9.47 Å². The first kappa shape index (κ1) is 19.4. The van der Waals surface area contributed by atoms with Crippen LogP contribution in [0.1, 0.15) is 48.5 Å². The average molecular weight is 284 g/mol. The Balaban J connectivity index is 4.24. The van der Waals surface area contributed by atoms with Crippen LogP contribution in [0.4, 0.5) is 0 Å². The van der Waals surface area contributed by atoms with E-state index in [1.807, 2.05) is 34.6 Å². The van der Waals surface area contributed by atoms with E-state index in [9.17, 15) is 0 Å². The molecular formula is C13H28B2NO2S. The zero-order valence-corrected chi connectivity index (χ0v) is 14.2. The normalized spacial score (nSPS) is 17.6. The van der Waals surface area contributed by atoms with E-state index < -0.39 is 10.2 Å². The minimum absolute atomic E-state index is 0.159. The molecule has 109 valence electrons. The second-order valence-electron chi connectivity index (χ2n) is 6.29. The Morgan fingerprint density at radius 1 is 1.21 bits per heavy atom. The first-order valence-electron chi connectivity index (χ1n) is 6.81. The molecule has 0 spiro atoms. The molecule has 6 heteroatoms. The van der Waals surface area contributed by atoms with Crippen molar-refractivity contribution in [2.24, 2.45) is 5.73 Å². The Kier molecular flexibility index (Phi) is 8.11. The van der Waals surface area contributed by atoms with Gasteiger partial charge in [-0.1, -0.05) is 26.6 Å². The van der Waals surface area contributed by atoms with E-state index in [1.54, 1.807) is 0 Å². The Morgan fingerprint density at radius 2 is 1.74 bits per heavy atom. The Hall–Kier alpha value is 0.360. The summed E-state index contributed by atoms with van der Waals surface area (Å²) in [7, 11) is 8.28. The van der Waals surface area contributed by atoms with Gasteiger partial charge < -0.3 is 9.47 Å². The van der Waals surface area contributed by atoms with Crippen LogP contribution in [0.2, 0.25) is 5.82 Å². The number of hydrogen-bond acceptors (Lipinski definition) is 4. The maximum absolute atomic E-state index is 6.15. The van der Waals surface area contributed by atoms with Gasteiger partial charge in [-0.05, 0) is 27.7 Å². The third kappa shape index (κ3) is 10.8. The van der Waals surface area contributed by atoms with Crippen molar-refractivity contribution in [3.05, 3.63) is 0 Å². The van der Waals surface area contributed by atoms with Gasteiger partial charge in [0.25, 0.3) is 0 Å². The number of rotatable bonds is 9. The zero-order valence-electron chi connectivity index (χ0n) is 13.4. The highest BCUT2D eigenvalue weighted by atomic mass is 32.2. The second-order valence-corrected chi connectivity index (χ2v) is 7.92. The molecule has 0 aromatic carbocycles. The van der Waals surface area contributed by atoms with E-state index in [1.165, 1.54) is 11.8 Å². The Bertz CT molecular complexity index is 261. The van der Waals surface area contributed by atoms with Crippen LogP contribution in [-0.4, -0.2) is 43.5 Å². The number of hydrogen-bond donors (Lipinski definition) is 1. The van der Waals surface area contributed by atoms with Crippen LogP contribution in [0.15, 0.2) is 0 Å². The summed E-state index contributed by atoms with van der Waals surface area (Å²) in [6.07, 6.45) is 0.159.